The van der Waals surface area contributed by atoms with Crippen molar-refractivity contribution >= 4 is 75.0 Å². The van der Waals surface area contributed by atoms with Gasteiger partial charge in [0.05, 0.1) is 10.2 Å². The summed E-state index contributed by atoms with van der Waals surface area (Å²) in [5.74, 6) is 1.88. The van der Waals surface area contributed by atoms with E-state index in [0.717, 1.165) is 70.5 Å². The molecule has 4 aromatic heterocycles. The number of furan rings is 1. The van der Waals surface area contributed by atoms with Crippen LogP contribution < -0.4 is 0 Å². The van der Waals surface area contributed by atoms with Gasteiger partial charge in [-0.3, -0.25) is 0 Å². The fourth-order valence-corrected chi connectivity index (χ4v) is 9.45. The molecule has 11 aromatic rings. The summed E-state index contributed by atoms with van der Waals surface area (Å²) in [6.45, 7) is 0. The third-order valence-electron chi connectivity index (χ3n) is 9.79. The van der Waals surface area contributed by atoms with Gasteiger partial charge in [-0.25, -0.2) is 19.9 Å². The van der Waals surface area contributed by atoms with Gasteiger partial charge in [-0.1, -0.05) is 109 Å². The molecule has 0 bridgehead atoms. The van der Waals surface area contributed by atoms with Gasteiger partial charge in [0.15, 0.2) is 17.5 Å². The highest BCUT2D eigenvalue weighted by Crippen LogP contribution is 2.42. The molecule has 5 nitrogen and oxygen atoms in total. The zero-order chi connectivity index (χ0) is 34.9. The Morgan fingerprint density at radius 3 is 1.98 bits per heavy atom. The predicted molar refractivity (Wildman–Crippen MR) is 220 cm³/mol. The van der Waals surface area contributed by atoms with Crippen LogP contribution in [0.4, 0.5) is 0 Å². The average Bonchev–Trinajstić information content (AvgIpc) is 3.94. The van der Waals surface area contributed by atoms with Crippen molar-refractivity contribution in [1.29, 1.82) is 0 Å². The van der Waals surface area contributed by atoms with E-state index >= 15 is 0 Å². The summed E-state index contributed by atoms with van der Waals surface area (Å²) in [6.07, 6.45) is 0. The number of fused-ring (bicyclic) bond motifs is 7. The van der Waals surface area contributed by atoms with Gasteiger partial charge in [0.2, 0.25) is 0 Å². The smallest absolute Gasteiger partial charge is 0.165 e. The first-order valence-electron chi connectivity index (χ1n) is 17.4. The lowest BCUT2D eigenvalue weighted by molar-refractivity contribution is 0.669. The number of thiazole rings is 1. The lowest BCUT2D eigenvalue weighted by Crippen LogP contribution is -2.00. The standard InChI is InChI=1S/C46H26N4OS2/c1-2-11-27(12-3-1)43-48-44(50-45(49-43)35-18-9-16-32-31-15-4-6-21-39(31)52-42(32)35)34-17-10-20-37-41(34)33-24-23-29(26-38(33)51-37)28-13-8-14-30(25-28)46-47-36-19-5-7-22-40(36)53-46/h1-26H. The van der Waals surface area contributed by atoms with Crippen molar-refractivity contribution in [3.8, 4) is 55.9 Å². The van der Waals surface area contributed by atoms with Gasteiger partial charge in [-0.05, 0) is 59.7 Å². The Balaban J connectivity index is 1.06. The maximum Gasteiger partial charge on any atom is 0.165 e. The molecule has 0 aliphatic heterocycles. The van der Waals surface area contributed by atoms with E-state index in [9.17, 15) is 0 Å². The first kappa shape index (κ1) is 30.1. The summed E-state index contributed by atoms with van der Waals surface area (Å²) in [4.78, 5) is 20.3. The van der Waals surface area contributed by atoms with Crippen LogP contribution in [0.2, 0.25) is 0 Å². The van der Waals surface area contributed by atoms with Crippen molar-refractivity contribution in [2.24, 2.45) is 0 Å². The topological polar surface area (TPSA) is 64.7 Å². The zero-order valence-corrected chi connectivity index (χ0v) is 29.7. The molecule has 0 spiro atoms. The molecule has 0 radical (unpaired) electrons. The van der Waals surface area contributed by atoms with Crippen molar-refractivity contribution < 1.29 is 4.42 Å². The molecule has 0 saturated heterocycles. The molecular formula is C46H26N4OS2. The van der Waals surface area contributed by atoms with E-state index < -0.39 is 0 Å². The number of rotatable bonds is 5. The first-order chi connectivity index (χ1) is 26.2. The number of aromatic nitrogens is 4. The summed E-state index contributed by atoms with van der Waals surface area (Å²) < 4.78 is 10.2. The van der Waals surface area contributed by atoms with Crippen molar-refractivity contribution in [3.63, 3.8) is 0 Å². The fraction of sp³-hybridized carbons (Fsp3) is 0. The summed E-state index contributed by atoms with van der Waals surface area (Å²) in [6, 6.07) is 54.5. The van der Waals surface area contributed by atoms with Gasteiger partial charge in [0.25, 0.3) is 0 Å². The second-order valence-electron chi connectivity index (χ2n) is 13.0. The Labute approximate surface area is 311 Å². The monoisotopic (exact) mass is 714 g/mol. The van der Waals surface area contributed by atoms with Gasteiger partial charge in [-0.15, -0.1) is 22.7 Å². The lowest BCUT2D eigenvalue weighted by Gasteiger charge is -2.10. The Morgan fingerprint density at radius 1 is 0.396 bits per heavy atom. The minimum Gasteiger partial charge on any atom is -0.456 e. The SMILES string of the molecule is c1ccc(-c2nc(-c3cccc4c3sc3ccccc34)nc(-c3cccc4oc5cc(-c6cccc(-c7nc8ccccc8s7)c6)ccc5c34)n2)cc1. The van der Waals surface area contributed by atoms with Crippen molar-refractivity contribution in [3.05, 3.63) is 158 Å². The normalized spacial score (nSPS) is 11.8. The maximum atomic E-state index is 6.57. The van der Waals surface area contributed by atoms with Crippen molar-refractivity contribution in [2.45, 2.75) is 0 Å². The second kappa shape index (κ2) is 12.0. The van der Waals surface area contributed by atoms with Crippen LogP contribution in [0.1, 0.15) is 0 Å². The van der Waals surface area contributed by atoms with E-state index in [1.165, 1.54) is 20.2 Å². The number of benzene rings is 7. The van der Waals surface area contributed by atoms with Crippen LogP contribution in [-0.2, 0) is 0 Å². The maximum absolute atomic E-state index is 6.57. The quantitative estimate of drug-likeness (QED) is 0.178. The van der Waals surface area contributed by atoms with E-state index in [-0.39, 0.29) is 0 Å². The summed E-state index contributed by atoms with van der Waals surface area (Å²) in [7, 11) is 0. The van der Waals surface area contributed by atoms with E-state index in [0.29, 0.717) is 17.5 Å². The molecule has 0 N–H and O–H groups in total. The van der Waals surface area contributed by atoms with Gasteiger partial charge >= 0.3 is 0 Å². The van der Waals surface area contributed by atoms with E-state index in [4.69, 9.17) is 24.4 Å². The van der Waals surface area contributed by atoms with Crippen molar-refractivity contribution in [1.82, 2.24) is 19.9 Å². The number of thiophene rings is 1. The number of nitrogens with zero attached hydrogens (tertiary/aromatic N) is 4. The van der Waals surface area contributed by atoms with Crippen LogP contribution in [0, 0.1) is 0 Å². The Bertz CT molecular complexity index is 3160. The first-order valence-corrected chi connectivity index (χ1v) is 19.0. The lowest BCUT2D eigenvalue weighted by atomic mass is 10.00. The molecule has 11 rings (SSSR count). The summed E-state index contributed by atoms with van der Waals surface area (Å²) in [5, 5.41) is 5.45. The molecule has 0 saturated carbocycles. The molecule has 0 amide bonds. The zero-order valence-electron chi connectivity index (χ0n) is 28.0. The van der Waals surface area contributed by atoms with Crippen molar-refractivity contribution in [2.75, 3.05) is 0 Å². The van der Waals surface area contributed by atoms with Gasteiger partial charge in [0.1, 0.15) is 16.2 Å². The van der Waals surface area contributed by atoms with Crippen LogP contribution >= 0.6 is 22.7 Å². The van der Waals surface area contributed by atoms with E-state index in [2.05, 4.69) is 109 Å². The molecule has 7 heteroatoms. The molecule has 53 heavy (non-hydrogen) atoms. The van der Waals surface area contributed by atoms with Crippen LogP contribution in [-0.4, -0.2) is 19.9 Å². The minimum atomic E-state index is 0.605. The molecule has 0 aliphatic rings. The fourth-order valence-electron chi connectivity index (χ4n) is 7.28. The molecule has 0 aliphatic carbocycles. The molecule has 7 aromatic carbocycles. The van der Waals surface area contributed by atoms with Crippen LogP contribution in [0.5, 0.6) is 0 Å². The second-order valence-corrected chi connectivity index (χ2v) is 15.1. The van der Waals surface area contributed by atoms with Gasteiger partial charge < -0.3 is 4.42 Å². The molecule has 0 unspecified atom stereocenters. The van der Waals surface area contributed by atoms with E-state index in [1.54, 1.807) is 22.7 Å². The predicted octanol–water partition coefficient (Wildman–Crippen LogP) is 13.1. The molecular weight excluding hydrogens is 689 g/mol. The Hall–Kier alpha value is -6.54. The highest BCUT2D eigenvalue weighted by Gasteiger charge is 2.20. The van der Waals surface area contributed by atoms with Gasteiger partial charge in [-0.2, -0.15) is 0 Å². The molecule has 4 heterocycles. The number of hydrogen-bond donors (Lipinski definition) is 0. The highest BCUT2D eigenvalue weighted by atomic mass is 32.1. The third-order valence-corrected chi connectivity index (χ3v) is 12.1. The van der Waals surface area contributed by atoms with Crippen LogP contribution in [0.3, 0.4) is 0 Å². The molecule has 248 valence electrons. The highest BCUT2D eigenvalue weighted by molar-refractivity contribution is 7.26. The van der Waals surface area contributed by atoms with E-state index in [1.807, 2.05) is 48.5 Å². The largest absolute Gasteiger partial charge is 0.456 e. The summed E-state index contributed by atoms with van der Waals surface area (Å²) >= 11 is 3.49. The minimum absolute atomic E-state index is 0.605. The average molecular weight is 715 g/mol. The third kappa shape index (κ3) is 5.04. The number of para-hydroxylation sites is 1. The Morgan fingerprint density at radius 2 is 1.08 bits per heavy atom. The Kier molecular flexibility index (Phi) is 6.83. The van der Waals surface area contributed by atoms with Gasteiger partial charge in [0, 0.05) is 53.2 Å². The molecule has 0 fully saturated rings. The number of hydrogen-bond acceptors (Lipinski definition) is 7. The molecule has 0 atom stereocenters. The summed E-state index contributed by atoms with van der Waals surface area (Å²) in [5.41, 5.74) is 8.72. The van der Waals surface area contributed by atoms with Crippen LogP contribution in [0.15, 0.2) is 162 Å². The van der Waals surface area contributed by atoms with Crippen LogP contribution in [0.25, 0.3) is 108 Å².